The summed E-state index contributed by atoms with van der Waals surface area (Å²) in [4.78, 5) is 24.2. The van der Waals surface area contributed by atoms with Crippen LogP contribution in [0.2, 0.25) is 0 Å². The van der Waals surface area contributed by atoms with Gasteiger partial charge < -0.3 is 5.11 Å². The highest BCUT2D eigenvalue weighted by atomic mass is 32.1. The van der Waals surface area contributed by atoms with E-state index in [4.69, 9.17) is 5.11 Å². The van der Waals surface area contributed by atoms with Crippen LogP contribution in [0.4, 0.5) is 0 Å². The summed E-state index contributed by atoms with van der Waals surface area (Å²) in [6, 6.07) is 3.75. The van der Waals surface area contributed by atoms with E-state index in [9.17, 15) is 9.59 Å². The molecule has 2 heterocycles. The first kappa shape index (κ1) is 13.4. The number of carboxylic acids is 1. The van der Waals surface area contributed by atoms with Crippen LogP contribution in [0.5, 0.6) is 0 Å². The maximum absolute atomic E-state index is 11.9. The molecule has 0 radical (unpaired) electrons. The molecule has 0 saturated carbocycles. The second-order valence-electron chi connectivity index (χ2n) is 3.97. The van der Waals surface area contributed by atoms with Gasteiger partial charge in [-0.25, -0.2) is 9.59 Å². The quantitative estimate of drug-likeness (QED) is 0.849. The SMILES string of the molecule is CCn1ccn(Cc2ccc(/C=C/C(=O)O)s2)c1=O. The molecule has 6 heteroatoms. The molecule has 0 saturated heterocycles. The molecule has 0 bridgehead atoms. The van der Waals surface area contributed by atoms with Gasteiger partial charge in [-0.2, -0.15) is 0 Å². The number of imidazole rings is 1. The fourth-order valence-corrected chi connectivity index (χ4v) is 2.62. The number of aryl methyl sites for hydroxylation is 1. The van der Waals surface area contributed by atoms with Crippen molar-refractivity contribution in [2.75, 3.05) is 0 Å². The van der Waals surface area contributed by atoms with Gasteiger partial charge in [0.25, 0.3) is 0 Å². The topological polar surface area (TPSA) is 64.2 Å². The molecule has 0 aliphatic heterocycles. The summed E-state index contributed by atoms with van der Waals surface area (Å²) < 4.78 is 3.28. The van der Waals surface area contributed by atoms with Crippen molar-refractivity contribution in [3.8, 4) is 0 Å². The minimum Gasteiger partial charge on any atom is -0.478 e. The van der Waals surface area contributed by atoms with Gasteiger partial charge in [-0.15, -0.1) is 11.3 Å². The second kappa shape index (κ2) is 5.71. The van der Waals surface area contributed by atoms with Crippen LogP contribution in [0.25, 0.3) is 6.08 Å². The standard InChI is InChI=1S/C13H14N2O3S/c1-2-14-7-8-15(13(14)18)9-11-4-3-10(19-11)5-6-12(16)17/h3-8H,2,9H2,1H3,(H,16,17)/b6-5+. The van der Waals surface area contributed by atoms with Crippen molar-refractivity contribution in [1.82, 2.24) is 9.13 Å². The largest absolute Gasteiger partial charge is 0.478 e. The summed E-state index contributed by atoms with van der Waals surface area (Å²) >= 11 is 1.48. The molecule has 0 atom stereocenters. The van der Waals surface area contributed by atoms with Crippen molar-refractivity contribution < 1.29 is 9.90 Å². The molecule has 1 N–H and O–H groups in total. The lowest BCUT2D eigenvalue weighted by Gasteiger charge is -1.98. The highest BCUT2D eigenvalue weighted by Gasteiger charge is 2.04. The van der Waals surface area contributed by atoms with E-state index in [2.05, 4.69) is 0 Å². The number of hydrogen-bond donors (Lipinski definition) is 1. The van der Waals surface area contributed by atoms with Gasteiger partial charge >= 0.3 is 11.7 Å². The Bertz CT molecular complexity index is 663. The van der Waals surface area contributed by atoms with Crippen LogP contribution >= 0.6 is 11.3 Å². The van der Waals surface area contributed by atoms with Crippen molar-refractivity contribution in [3.63, 3.8) is 0 Å². The Kier molecular flexibility index (Phi) is 4.01. The monoisotopic (exact) mass is 278 g/mol. The second-order valence-corrected chi connectivity index (χ2v) is 5.17. The normalized spacial score (nSPS) is 11.2. The molecule has 0 aromatic carbocycles. The number of aliphatic carboxylic acids is 1. The van der Waals surface area contributed by atoms with Gasteiger partial charge in [0.1, 0.15) is 0 Å². The Hall–Kier alpha value is -2.08. The van der Waals surface area contributed by atoms with Gasteiger partial charge in [-0.3, -0.25) is 9.13 Å². The molecule has 2 aromatic heterocycles. The van der Waals surface area contributed by atoms with Gasteiger partial charge in [0.15, 0.2) is 0 Å². The molecule has 0 spiro atoms. The number of carboxylic acid groups (broad SMARTS) is 1. The smallest absolute Gasteiger partial charge is 0.328 e. The summed E-state index contributed by atoms with van der Waals surface area (Å²) in [6.45, 7) is 3.09. The third-order valence-electron chi connectivity index (χ3n) is 2.66. The minimum atomic E-state index is -0.966. The Morgan fingerprint density at radius 2 is 2.11 bits per heavy atom. The molecule has 0 aliphatic rings. The molecule has 5 nitrogen and oxygen atoms in total. The number of carbonyl (C=O) groups is 1. The van der Waals surface area contributed by atoms with Crippen LogP contribution in [0.1, 0.15) is 16.7 Å². The Morgan fingerprint density at radius 1 is 1.37 bits per heavy atom. The Balaban J connectivity index is 2.13. The third-order valence-corrected chi connectivity index (χ3v) is 3.69. The summed E-state index contributed by atoms with van der Waals surface area (Å²) in [7, 11) is 0. The summed E-state index contributed by atoms with van der Waals surface area (Å²) in [5, 5.41) is 8.55. The first-order valence-electron chi connectivity index (χ1n) is 5.85. The van der Waals surface area contributed by atoms with Gasteiger partial charge in [0, 0.05) is 34.8 Å². The van der Waals surface area contributed by atoms with Crippen LogP contribution in [0.15, 0.2) is 35.4 Å². The van der Waals surface area contributed by atoms with Gasteiger partial charge in [-0.1, -0.05) is 0 Å². The highest BCUT2D eigenvalue weighted by Crippen LogP contribution is 2.18. The number of nitrogens with zero attached hydrogens (tertiary/aromatic N) is 2. The van der Waals surface area contributed by atoms with E-state index in [0.29, 0.717) is 13.1 Å². The molecular formula is C13H14N2O3S. The molecular weight excluding hydrogens is 264 g/mol. The lowest BCUT2D eigenvalue weighted by Crippen LogP contribution is -2.23. The molecule has 0 unspecified atom stereocenters. The maximum Gasteiger partial charge on any atom is 0.328 e. The number of thiophene rings is 1. The summed E-state index contributed by atoms with van der Waals surface area (Å²) in [5.41, 5.74) is -0.0291. The first-order chi connectivity index (χ1) is 9.10. The van der Waals surface area contributed by atoms with E-state index in [0.717, 1.165) is 15.8 Å². The van der Waals surface area contributed by atoms with Crippen molar-refractivity contribution in [2.45, 2.75) is 20.0 Å². The molecule has 19 heavy (non-hydrogen) atoms. The summed E-state index contributed by atoms with van der Waals surface area (Å²) in [6.07, 6.45) is 6.19. The van der Waals surface area contributed by atoms with Crippen LogP contribution in [0.3, 0.4) is 0 Å². The van der Waals surface area contributed by atoms with Crippen LogP contribution in [-0.2, 0) is 17.9 Å². The van der Waals surface area contributed by atoms with Gasteiger partial charge in [0.2, 0.25) is 0 Å². The number of hydrogen-bond acceptors (Lipinski definition) is 3. The molecule has 2 aromatic rings. The van der Waals surface area contributed by atoms with Crippen LogP contribution in [0, 0.1) is 0 Å². The van der Waals surface area contributed by atoms with Crippen LogP contribution < -0.4 is 5.69 Å². The molecule has 0 aliphatic carbocycles. The zero-order valence-electron chi connectivity index (χ0n) is 10.4. The zero-order valence-corrected chi connectivity index (χ0v) is 11.3. The number of rotatable bonds is 5. The van der Waals surface area contributed by atoms with Crippen molar-refractivity contribution in [3.05, 3.63) is 50.8 Å². The predicted octanol–water partition coefficient (Wildman–Crippen LogP) is 1.88. The average molecular weight is 278 g/mol. The number of aromatic nitrogens is 2. The lowest BCUT2D eigenvalue weighted by atomic mass is 10.4. The predicted molar refractivity (Wildman–Crippen MR) is 74.5 cm³/mol. The van der Waals surface area contributed by atoms with E-state index >= 15 is 0 Å². The van der Waals surface area contributed by atoms with Gasteiger partial charge in [0.05, 0.1) is 6.54 Å². The third kappa shape index (κ3) is 3.23. The minimum absolute atomic E-state index is 0.0291. The first-order valence-corrected chi connectivity index (χ1v) is 6.67. The van der Waals surface area contributed by atoms with E-state index < -0.39 is 5.97 Å². The zero-order chi connectivity index (χ0) is 13.8. The fraction of sp³-hybridized carbons (Fsp3) is 0.231. The highest BCUT2D eigenvalue weighted by molar-refractivity contribution is 7.12. The van der Waals surface area contributed by atoms with Crippen molar-refractivity contribution >= 4 is 23.4 Å². The molecule has 0 amide bonds. The molecule has 0 fully saturated rings. The van der Waals surface area contributed by atoms with Crippen LogP contribution in [-0.4, -0.2) is 20.2 Å². The average Bonchev–Trinajstić information content (AvgIpc) is 2.96. The van der Waals surface area contributed by atoms with Gasteiger partial charge in [-0.05, 0) is 25.1 Å². The van der Waals surface area contributed by atoms with E-state index in [1.807, 2.05) is 19.1 Å². The molecule has 100 valence electrons. The van der Waals surface area contributed by atoms with Crippen molar-refractivity contribution in [1.29, 1.82) is 0 Å². The van der Waals surface area contributed by atoms with Crippen molar-refractivity contribution in [2.24, 2.45) is 0 Å². The summed E-state index contributed by atoms with van der Waals surface area (Å²) in [5.74, 6) is -0.966. The van der Waals surface area contributed by atoms with E-state index in [1.165, 1.54) is 11.3 Å². The fourth-order valence-electron chi connectivity index (χ4n) is 1.70. The molecule has 2 rings (SSSR count). The van der Waals surface area contributed by atoms with E-state index in [1.54, 1.807) is 27.6 Å². The Morgan fingerprint density at radius 3 is 2.74 bits per heavy atom. The van der Waals surface area contributed by atoms with E-state index in [-0.39, 0.29) is 5.69 Å². The maximum atomic E-state index is 11.9. The Labute approximate surface area is 114 Å². The lowest BCUT2D eigenvalue weighted by molar-refractivity contribution is -0.131.